The van der Waals surface area contributed by atoms with Crippen LogP contribution in [0.4, 0.5) is 20.6 Å². The second-order valence-corrected chi connectivity index (χ2v) is 10.8. The van der Waals surface area contributed by atoms with Crippen molar-refractivity contribution in [2.75, 3.05) is 23.1 Å². The molecule has 1 saturated heterocycles. The van der Waals surface area contributed by atoms with Crippen LogP contribution in [0.5, 0.6) is 0 Å². The molecule has 5 rings (SSSR count). The van der Waals surface area contributed by atoms with Crippen molar-refractivity contribution in [3.8, 4) is 0 Å². The maximum absolute atomic E-state index is 13.2. The fourth-order valence-corrected chi connectivity index (χ4v) is 6.12. The van der Waals surface area contributed by atoms with Crippen LogP contribution < -0.4 is 15.6 Å². The largest absolute Gasteiger partial charge is 0.324 e. The zero-order valence-electron chi connectivity index (χ0n) is 18.9. The molecule has 2 bridgehead atoms. The van der Waals surface area contributed by atoms with Crippen molar-refractivity contribution in [1.29, 1.82) is 0 Å². The Labute approximate surface area is 202 Å². The van der Waals surface area contributed by atoms with Crippen LogP contribution in [0.1, 0.15) is 23.6 Å². The summed E-state index contributed by atoms with van der Waals surface area (Å²) in [6.45, 7) is 1.31. The number of hydrogen-bond acceptors (Lipinski definition) is 4. The van der Waals surface area contributed by atoms with Gasteiger partial charge in [-0.2, -0.15) is 0 Å². The molecule has 8 nitrogen and oxygen atoms in total. The number of nitrogens with one attached hydrogen (secondary N) is 2. The molecule has 2 aliphatic rings. The van der Waals surface area contributed by atoms with Gasteiger partial charge in [-0.05, 0) is 54.3 Å². The Bertz CT molecular complexity index is 1410. The highest BCUT2D eigenvalue weighted by molar-refractivity contribution is 7.91. The number of rotatable bonds is 5. The third kappa shape index (κ3) is 5.07. The van der Waals surface area contributed by atoms with Crippen LogP contribution >= 0.6 is 0 Å². The number of nitrogens with zero attached hydrogens (tertiary/aromatic N) is 2. The number of anilines is 2. The number of urea groups is 1. The molecule has 0 spiro atoms. The minimum atomic E-state index is -3.76. The quantitative estimate of drug-likeness (QED) is 0.564. The summed E-state index contributed by atoms with van der Waals surface area (Å²) in [5.41, 5.74) is 1.58. The molecule has 3 heterocycles. The van der Waals surface area contributed by atoms with Crippen molar-refractivity contribution in [2.45, 2.75) is 24.6 Å². The lowest BCUT2D eigenvalue weighted by Crippen LogP contribution is -2.50. The average Bonchev–Trinajstić information content (AvgIpc) is 2.83. The molecule has 0 radical (unpaired) electrons. The second-order valence-electron chi connectivity index (χ2n) is 9.08. The summed E-state index contributed by atoms with van der Waals surface area (Å²) < 4.78 is 42.5. The van der Waals surface area contributed by atoms with E-state index in [4.69, 9.17) is 0 Å². The van der Waals surface area contributed by atoms with Crippen LogP contribution in [0.3, 0.4) is 0 Å². The van der Waals surface area contributed by atoms with Gasteiger partial charge in [-0.1, -0.05) is 30.3 Å². The van der Waals surface area contributed by atoms with Gasteiger partial charge in [0.2, 0.25) is 10.0 Å². The molecule has 2 aliphatic heterocycles. The van der Waals surface area contributed by atoms with Gasteiger partial charge >= 0.3 is 6.03 Å². The molecule has 3 aromatic rings. The SMILES string of the molecule is O=C(Nc1ccc(F)cc1)N1CC2CC(C1)c1ccc(NS(=O)(=O)Cc3ccccc3)c(=O)n1C2. The lowest BCUT2D eigenvalue weighted by molar-refractivity contribution is 0.139. The maximum Gasteiger partial charge on any atom is 0.321 e. The van der Waals surface area contributed by atoms with E-state index < -0.39 is 10.0 Å². The van der Waals surface area contributed by atoms with Crippen LogP contribution in [0.2, 0.25) is 0 Å². The van der Waals surface area contributed by atoms with E-state index >= 15 is 0 Å². The zero-order chi connectivity index (χ0) is 24.6. The normalized spacial score (nSPS) is 19.1. The highest BCUT2D eigenvalue weighted by Gasteiger charge is 2.37. The van der Waals surface area contributed by atoms with Gasteiger partial charge in [0.15, 0.2) is 0 Å². The Morgan fingerprint density at radius 1 is 0.971 bits per heavy atom. The molecule has 1 fully saturated rings. The van der Waals surface area contributed by atoms with E-state index in [1.54, 1.807) is 39.8 Å². The Balaban J connectivity index is 1.31. The minimum Gasteiger partial charge on any atom is -0.324 e. The first-order valence-electron chi connectivity index (χ1n) is 11.4. The molecule has 35 heavy (non-hydrogen) atoms. The van der Waals surface area contributed by atoms with Crippen molar-refractivity contribution in [2.24, 2.45) is 5.92 Å². The molecule has 2 unspecified atom stereocenters. The number of fused-ring (bicyclic) bond motifs is 4. The average molecular weight is 497 g/mol. The third-order valence-electron chi connectivity index (χ3n) is 6.45. The van der Waals surface area contributed by atoms with Gasteiger partial charge in [-0.25, -0.2) is 17.6 Å². The maximum atomic E-state index is 13.2. The van der Waals surface area contributed by atoms with E-state index in [0.29, 0.717) is 30.9 Å². The second kappa shape index (κ2) is 9.18. The van der Waals surface area contributed by atoms with E-state index in [-0.39, 0.29) is 40.7 Å². The number of pyridine rings is 1. The van der Waals surface area contributed by atoms with E-state index in [9.17, 15) is 22.4 Å². The summed E-state index contributed by atoms with van der Waals surface area (Å²) in [4.78, 5) is 27.7. The summed E-state index contributed by atoms with van der Waals surface area (Å²) in [5.74, 6) is -0.573. The molecule has 0 aliphatic carbocycles. The predicted molar refractivity (Wildman–Crippen MR) is 131 cm³/mol. The molecule has 10 heteroatoms. The van der Waals surface area contributed by atoms with Crippen molar-refractivity contribution < 1.29 is 17.6 Å². The van der Waals surface area contributed by atoms with Crippen LogP contribution in [0.25, 0.3) is 0 Å². The Kier molecular flexibility index (Phi) is 6.06. The fourth-order valence-electron chi connectivity index (χ4n) is 4.92. The van der Waals surface area contributed by atoms with Crippen molar-refractivity contribution >= 4 is 27.4 Å². The van der Waals surface area contributed by atoms with Gasteiger partial charge in [0.25, 0.3) is 5.56 Å². The van der Waals surface area contributed by atoms with E-state index in [1.807, 2.05) is 6.07 Å². The first kappa shape index (κ1) is 23.1. The number of benzene rings is 2. The molecule has 0 saturated carbocycles. The summed E-state index contributed by atoms with van der Waals surface area (Å²) in [5, 5.41) is 2.79. The number of halogens is 1. The topological polar surface area (TPSA) is 101 Å². The zero-order valence-corrected chi connectivity index (χ0v) is 19.7. The number of hydrogen-bond donors (Lipinski definition) is 2. The standard InChI is InChI=1S/C25H25FN4O4S/c26-20-6-8-21(9-7-20)27-25(32)29-13-18-12-19(15-29)23-11-10-22(24(31)30(23)14-18)28-35(33,34)16-17-4-2-1-3-5-17/h1-11,18-19,28H,12-16H2,(H,27,32). The summed E-state index contributed by atoms with van der Waals surface area (Å²) in [6.07, 6.45) is 0.846. The number of sulfonamides is 1. The molecular weight excluding hydrogens is 471 g/mol. The van der Waals surface area contributed by atoms with Crippen molar-refractivity contribution in [3.05, 3.63) is 94.2 Å². The number of carbonyl (C=O) groups excluding carboxylic acids is 1. The number of piperidine rings is 1. The minimum absolute atomic E-state index is 0.0237. The lowest BCUT2D eigenvalue weighted by Gasteiger charge is -2.42. The highest BCUT2D eigenvalue weighted by atomic mass is 32.2. The first-order chi connectivity index (χ1) is 16.8. The lowest BCUT2D eigenvalue weighted by atomic mass is 9.83. The molecule has 2 aromatic carbocycles. The monoisotopic (exact) mass is 496 g/mol. The smallest absolute Gasteiger partial charge is 0.321 e. The van der Waals surface area contributed by atoms with Gasteiger partial charge < -0.3 is 14.8 Å². The van der Waals surface area contributed by atoms with Crippen LogP contribution in [0.15, 0.2) is 71.5 Å². The Hall–Kier alpha value is -3.66. The Morgan fingerprint density at radius 2 is 1.71 bits per heavy atom. The molecule has 2 amide bonds. The number of likely N-dealkylation sites (tertiary alicyclic amines) is 1. The van der Waals surface area contributed by atoms with Crippen LogP contribution in [0, 0.1) is 11.7 Å². The molecule has 2 N–H and O–H groups in total. The fraction of sp³-hybridized carbons (Fsp3) is 0.280. The summed E-state index contributed by atoms with van der Waals surface area (Å²) in [7, 11) is -3.76. The van der Waals surface area contributed by atoms with Crippen molar-refractivity contribution in [3.63, 3.8) is 0 Å². The van der Waals surface area contributed by atoms with Crippen molar-refractivity contribution in [1.82, 2.24) is 9.47 Å². The van der Waals surface area contributed by atoms with Gasteiger partial charge in [-0.3, -0.25) is 9.52 Å². The van der Waals surface area contributed by atoms with Gasteiger partial charge in [-0.15, -0.1) is 0 Å². The Morgan fingerprint density at radius 3 is 2.46 bits per heavy atom. The molecule has 1 aromatic heterocycles. The summed E-state index contributed by atoms with van der Waals surface area (Å²) in [6, 6.07) is 17.4. The first-order valence-corrected chi connectivity index (χ1v) is 13.0. The van der Waals surface area contributed by atoms with Crippen LogP contribution in [-0.2, 0) is 22.3 Å². The number of aromatic nitrogens is 1. The molecular formula is C25H25FN4O4S. The third-order valence-corrected chi connectivity index (χ3v) is 7.70. The van der Waals surface area contributed by atoms with E-state index in [2.05, 4.69) is 10.0 Å². The molecule has 2 atom stereocenters. The van der Waals surface area contributed by atoms with E-state index in [1.165, 1.54) is 30.3 Å². The van der Waals surface area contributed by atoms with Crippen LogP contribution in [-0.4, -0.2) is 37.0 Å². The summed E-state index contributed by atoms with van der Waals surface area (Å²) >= 11 is 0. The van der Waals surface area contributed by atoms with E-state index in [0.717, 1.165) is 12.1 Å². The highest BCUT2D eigenvalue weighted by Crippen LogP contribution is 2.35. The molecule has 182 valence electrons. The number of carbonyl (C=O) groups is 1. The predicted octanol–water partition coefficient (Wildman–Crippen LogP) is 3.58. The van der Waals surface area contributed by atoms with Gasteiger partial charge in [0.1, 0.15) is 11.5 Å². The number of amides is 2. The van der Waals surface area contributed by atoms with Gasteiger partial charge in [0.05, 0.1) is 5.75 Å². The van der Waals surface area contributed by atoms with Gasteiger partial charge in [0, 0.05) is 36.9 Å².